The summed E-state index contributed by atoms with van der Waals surface area (Å²) < 4.78 is 0. The molecular formula is C18H29N3. The molecule has 1 aromatic carbocycles. The summed E-state index contributed by atoms with van der Waals surface area (Å²) in [4.78, 5) is 4.00. The lowest BCUT2D eigenvalue weighted by Crippen LogP contribution is -2.12. The zero-order valence-electron chi connectivity index (χ0n) is 13.7. The second-order valence-corrected chi connectivity index (χ2v) is 3.64. The van der Waals surface area contributed by atoms with Crippen LogP contribution < -0.4 is 11.1 Å². The number of pyridine rings is 1. The van der Waals surface area contributed by atoms with E-state index in [1.165, 1.54) is 0 Å². The first-order chi connectivity index (χ1) is 10.3. The quantitative estimate of drug-likeness (QED) is 0.880. The molecule has 0 fully saturated rings. The lowest BCUT2D eigenvalue weighted by Gasteiger charge is -2.12. The van der Waals surface area contributed by atoms with Crippen LogP contribution in [-0.4, -0.2) is 12.0 Å². The summed E-state index contributed by atoms with van der Waals surface area (Å²) in [6, 6.07) is 13.8. The molecule has 0 radical (unpaired) electrons. The average Bonchev–Trinajstić information content (AvgIpc) is 2.61. The number of aromatic nitrogens is 1. The van der Waals surface area contributed by atoms with E-state index in [0.29, 0.717) is 0 Å². The van der Waals surface area contributed by atoms with Crippen molar-refractivity contribution < 1.29 is 1.43 Å². The van der Waals surface area contributed by atoms with Crippen LogP contribution in [0.15, 0.2) is 54.9 Å². The molecule has 3 heteroatoms. The highest BCUT2D eigenvalue weighted by Gasteiger charge is 2.06. The van der Waals surface area contributed by atoms with Crippen LogP contribution in [0.25, 0.3) is 11.4 Å². The average molecular weight is 287 g/mol. The van der Waals surface area contributed by atoms with Crippen LogP contribution in [0.5, 0.6) is 0 Å². The van der Waals surface area contributed by atoms with Crippen molar-refractivity contribution in [2.24, 2.45) is 5.73 Å². The van der Waals surface area contributed by atoms with E-state index in [-0.39, 0.29) is 1.43 Å². The van der Waals surface area contributed by atoms with Gasteiger partial charge in [-0.25, -0.2) is 0 Å². The Morgan fingerprint density at radius 3 is 1.90 bits per heavy atom. The lowest BCUT2D eigenvalue weighted by atomic mass is 10.1. The van der Waals surface area contributed by atoms with Gasteiger partial charge in [-0.2, -0.15) is 0 Å². The van der Waals surface area contributed by atoms with Crippen LogP contribution in [0.2, 0.25) is 0 Å². The van der Waals surface area contributed by atoms with Gasteiger partial charge in [-0.1, -0.05) is 58.0 Å². The number of nitrogens with zero attached hydrogens (tertiary/aromatic N) is 1. The van der Waals surface area contributed by atoms with Crippen molar-refractivity contribution in [3.05, 3.63) is 66.0 Å². The van der Waals surface area contributed by atoms with Crippen LogP contribution in [0.1, 0.15) is 40.2 Å². The molecule has 0 amide bonds. The Kier molecular flexibility index (Phi) is 10.3. The zero-order valence-corrected chi connectivity index (χ0v) is 13.7. The van der Waals surface area contributed by atoms with Crippen LogP contribution in [0, 0.1) is 0 Å². The summed E-state index contributed by atoms with van der Waals surface area (Å²) in [5.74, 6) is 0. The maximum atomic E-state index is 6.18. The molecule has 0 aliphatic heterocycles. The van der Waals surface area contributed by atoms with Gasteiger partial charge in [-0.15, -0.1) is 0 Å². The van der Waals surface area contributed by atoms with E-state index >= 15 is 0 Å². The van der Waals surface area contributed by atoms with E-state index in [2.05, 4.69) is 10.3 Å². The van der Waals surface area contributed by atoms with Crippen LogP contribution in [0.4, 0.5) is 0 Å². The van der Waals surface area contributed by atoms with Crippen molar-refractivity contribution >= 4 is 11.4 Å². The van der Waals surface area contributed by atoms with Gasteiger partial charge in [0.2, 0.25) is 0 Å². The zero-order chi connectivity index (χ0) is 16.1. The molecule has 0 unspecified atom stereocenters. The fourth-order valence-electron chi connectivity index (χ4n) is 1.72. The Hall–Kier alpha value is -2.29. The van der Waals surface area contributed by atoms with Crippen molar-refractivity contribution in [3.8, 4) is 0 Å². The summed E-state index contributed by atoms with van der Waals surface area (Å²) in [5.41, 5.74) is 9.87. The molecule has 0 atom stereocenters. The molecule has 116 valence electrons. The molecule has 0 saturated carbocycles. The minimum Gasteiger partial charge on any atom is -0.397 e. The molecule has 2 aromatic rings. The molecule has 3 N–H and O–H groups in total. The van der Waals surface area contributed by atoms with E-state index in [0.717, 1.165) is 22.5 Å². The Morgan fingerprint density at radius 1 is 0.905 bits per heavy atom. The first-order valence-electron chi connectivity index (χ1n) is 7.46. The monoisotopic (exact) mass is 287 g/mol. The summed E-state index contributed by atoms with van der Waals surface area (Å²) in [6.07, 6.45) is 3.51. The fourth-order valence-corrected chi connectivity index (χ4v) is 1.72. The molecule has 0 spiro atoms. The molecule has 0 saturated heterocycles. The first-order valence-corrected chi connectivity index (χ1v) is 7.46. The van der Waals surface area contributed by atoms with E-state index in [1.54, 1.807) is 12.4 Å². The molecule has 0 bridgehead atoms. The number of benzene rings is 1. The number of nitrogens with two attached hydrogens (primary N) is 1. The highest BCUT2D eigenvalue weighted by Crippen LogP contribution is 2.19. The van der Waals surface area contributed by atoms with Gasteiger partial charge in [0, 0.05) is 26.4 Å². The molecule has 2 rings (SSSR count). The smallest absolute Gasteiger partial charge is 0.0652 e. The highest BCUT2D eigenvalue weighted by atomic mass is 14.9. The maximum Gasteiger partial charge on any atom is 0.0652 e. The minimum atomic E-state index is 0. The predicted molar refractivity (Wildman–Crippen MR) is 95.6 cm³/mol. The normalized spacial score (nSPS) is 10.1. The molecule has 3 nitrogen and oxygen atoms in total. The Morgan fingerprint density at radius 2 is 1.43 bits per heavy atom. The standard InChI is InChI=1S/C14H15N3.2C2H6.H2/c1-16-14(12-7-9-17-10-8-12)13(15)11-5-3-2-4-6-11;2*1-2;/h2-10,16H,15H2,1H3;2*1-2H3;1H/b14-13-;;;. The molecule has 1 heterocycles. The Labute approximate surface area is 130 Å². The van der Waals surface area contributed by atoms with E-state index in [1.807, 2.05) is 77.2 Å². The van der Waals surface area contributed by atoms with E-state index < -0.39 is 0 Å². The van der Waals surface area contributed by atoms with Gasteiger partial charge in [0.1, 0.15) is 0 Å². The van der Waals surface area contributed by atoms with Gasteiger partial charge in [-0.05, 0) is 17.7 Å². The third-order valence-electron chi connectivity index (χ3n) is 2.57. The summed E-state index contributed by atoms with van der Waals surface area (Å²) in [7, 11) is 1.87. The predicted octanol–water partition coefficient (Wildman–Crippen LogP) is 4.38. The van der Waals surface area contributed by atoms with Gasteiger partial charge >= 0.3 is 0 Å². The van der Waals surface area contributed by atoms with Gasteiger partial charge in [0.25, 0.3) is 0 Å². The summed E-state index contributed by atoms with van der Waals surface area (Å²) in [5, 5.41) is 3.14. The van der Waals surface area contributed by atoms with Crippen molar-refractivity contribution in [2.75, 3.05) is 7.05 Å². The van der Waals surface area contributed by atoms with Gasteiger partial charge in [0.15, 0.2) is 0 Å². The highest BCUT2D eigenvalue weighted by molar-refractivity contribution is 5.87. The van der Waals surface area contributed by atoms with Gasteiger partial charge < -0.3 is 11.1 Å². The number of hydrogen-bond acceptors (Lipinski definition) is 3. The van der Waals surface area contributed by atoms with Crippen LogP contribution >= 0.6 is 0 Å². The van der Waals surface area contributed by atoms with E-state index in [9.17, 15) is 0 Å². The van der Waals surface area contributed by atoms with Crippen LogP contribution in [0.3, 0.4) is 0 Å². The maximum absolute atomic E-state index is 6.18. The third-order valence-corrected chi connectivity index (χ3v) is 2.57. The third kappa shape index (κ3) is 5.69. The molecule has 21 heavy (non-hydrogen) atoms. The molecule has 0 aliphatic rings. The number of rotatable bonds is 3. The van der Waals surface area contributed by atoms with Crippen molar-refractivity contribution in [1.29, 1.82) is 0 Å². The largest absolute Gasteiger partial charge is 0.397 e. The van der Waals surface area contributed by atoms with Gasteiger partial charge in [0.05, 0.1) is 11.4 Å². The van der Waals surface area contributed by atoms with Crippen molar-refractivity contribution in [1.82, 2.24) is 10.3 Å². The van der Waals surface area contributed by atoms with Crippen molar-refractivity contribution in [2.45, 2.75) is 27.7 Å². The summed E-state index contributed by atoms with van der Waals surface area (Å²) in [6.45, 7) is 8.00. The second-order valence-electron chi connectivity index (χ2n) is 3.64. The lowest BCUT2D eigenvalue weighted by molar-refractivity contribution is 1.12. The Balaban J connectivity index is 0. The SMILES string of the molecule is CC.CC.CN/C(=C(\N)c1ccccc1)c1ccncc1.[HH]. The molecular weight excluding hydrogens is 258 g/mol. The van der Waals surface area contributed by atoms with Crippen LogP contribution in [-0.2, 0) is 0 Å². The van der Waals surface area contributed by atoms with E-state index in [4.69, 9.17) is 5.73 Å². The Bertz CT molecular complexity index is 510. The molecule has 1 aromatic heterocycles. The molecule has 0 aliphatic carbocycles. The summed E-state index contributed by atoms with van der Waals surface area (Å²) >= 11 is 0. The minimum absolute atomic E-state index is 0. The fraction of sp³-hybridized carbons (Fsp3) is 0.278. The second kappa shape index (κ2) is 11.5. The number of nitrogens with one attached hydrogen (secondary N) is 1. The van der Waals surface area contributed by atoms with Gasteiger partial charge in [-0.3, -0.25) is 4.98 Å². The topological polar surface area (TPSA) is 50.9 Å². The van der Waals surface area contributed by atoms with Crippen molar-refractivity contribution in [3.63, 3.8) is 0 Å². The first kappa shape index (κ1) is 18.7. The number of hydrogen-bond donors (Lipinski definition) is 2.